The van der Waals surface area contributed by atoms with Crippen LogP contribution >= 0.6 is 0 Å². The number of rotatable bonds is 6. The Morgan fingerprint density at radius 3 is 2.95 bits per heavy atom. The highest BCUT2D eigenvalue weighted by molar-refractivity contribution is 5.49. The summed E-state index contributed by atoms with van der Waals surface area (Å²) in [5.41, 5.74) is -0.0396. The minimum Gasteiger partial charge on any atom is -0.378 e. The number of imidazole rings is 1. The Morgan fingerprint density at radius 2 is 2.30 bits per heavy atom. The topological polar surface area (TPSA) is 73.0 Å². The fourth-order valence-corrected chi connectivity index (χ4v) is 1.90. The molecule has 6 nitrogen and oxygen atoms in total. The number of nitro groups is 1. The second-order valence-electron chi connectivity index (χ2n) is 4.31. The molecule has 2 aromatic rings. The lowest BCUT2D eigenvalue weighted by molar-refractivity contribution is -0.387. The van der Waals surface area contributed by atoms with E-state index in [1.807, 2.05) is 10.8 Å². The van der Waals surface area contributed by atoms with Gasteiger partial charge >= 0.3 is 5.69 Å². The minimum atomic E-state index is -0.850. The maximum absolute atomic E-state index is 13.5. The molecule has 0 atom stereocenters. The molecule has 0 aliphatic heterocycles. The third-order valence-electron chi connectivity index (χ3n) is 2.86. The molecular formula is C13H15FN4O2. The number of hydrogen-bond donors (Lipinski definition) is 1. The molecule has 2 rings (SSSR count). The summed E-state index contributed by atoms with van der Waals surface area (Å²) in [6.07, 6.45) is 4.59. The third-order valence-corrected chi connectivity index (χ3v) is 2.86. The van der Waals surface area contributed by atoms with Crippen LogP contribution in [0.3, 0.4) is 0 Å². The third kappa shape index (κ3) is 3.11. The van der Waals surface area contributed by atoms with Crippen LogP contribution in [0, 0.1) is 15.9 Å². The molecule has 0 aliphatic rings. The van der Waals surface area contributed by atoms with Gasteiger partial charge in [-0.05, 0) is 12.5 Å². The molecular weight excluding hydrogens is 263 g/mol. The first-order chi connectivity index (χ1) is 9.61. The van der Waals surface area contributed by atoms with Crippen LogP contribution in [0.1, 0.15) is 19.2 Å². The largest absolute Gasteiger partial charge is 0.378 e. The zero-order valence-electron chi connectivity index (χ0n) is 11.0. The van der Waals surface area contributed by atoms with Gasteiger partial charge in [-0.15, -0.1) is 0 Å². The van der Waals surface area contributed by atoms with Crippen molar-refractivity contribution in [1.82, 2.24) is 9.55 Å². The molecule has 1 N–H and O–H groups in total. The highest BCUT2D eigenvalue weighted by Gasteiger charge is 2.13. The van der Waals surface area contributed by atoms with Gasteiger partial charge in [-0.1, -0.05) is 6.92 Å². The monoisotopic (exact) mass is 278 g/mol. The lowest BCUT2D eigenvalue weighted by Gasteiger charge is -2.09. The maximum Gasteiger partial charge on any atom is 0.304 e. The number of benzene rings is 1. The molecule has 0 fully saturated rings. The summed E-state index contributed by atoms with van der Waals surface area (Å²) in [5.74, 6) is -0.0116. The maximum atomic E-state index is 13.5. The van der Waals surface area contributed by atoms with Gasteiger partial charge in [0.2, 0.25) is 5.82 Å². The van der Waals surface area contributed by atoms with Gasteiger partial charge in [0.15, 0.2) is 0 Å². The number of aryl methyl sites for hydroxylation is 1. The highest BCUT2D eigenvalue weighted by Crippen LogP contribution is 2.21. The van der Waals surface area contributed by atoms with E-state index in [9.17, 15) is 14.5 Å². The first-order valence-corrected chi connectivity index (χ1v) is 6.29. The summed E-state index contributed by atoms with van der Waals surface area (Å²) in [6.45, 7) is 3.37. The second-order valence-corrected chi connectivity index (χ2v) is 4.31. The van der Waals surface area contributed by atoms with Crippen LogP contribution in [0.5, 0.6) is 0 Å². The van der Waals surface area contributed by atoms with Crippen molar-refractivity contribution in [2.75, 3.05) is 5.32 Å². The molecule has 1 aromatic heterocycles. The molecule has 7 heteroatoms. The van der Waals surface area contributed by atoms with Crippen LogP contribution in [0.25, 0.3) is 0 Å². The molecule has 0 radical (unpaired) electrons. The summed E-state index contributed by atoms with van der Waals surface area (Å²) >= 11 is 0. The smallest absolute Gasteiger partial charge is 0.304 e. The van der Waals surface area contributed by atoms with Crippen molar-refractivity contribution in [3.63, 3.8) is 0 Å². The van der Waals surface area contributed by atoms with Crippen molar-refractivity contribution in [2.24, 2.45) is 0 Å². The van der Waals surface area contributed by atoms with Gasteiger partial charge in [-0.2, -0.15) is 4.39 Å². The average Bonchev–Trinajstić information content (AvgIpc) is 2.84. The Kier molecular flexibility index (Phi) is 4.29. The molecule has 0 saturated heterocycles. The molecule has 20 heavy (non-hydrogen) atoms. The van der Waals surface area contributed by atoms with Crippen molar-refractivity contribution in [3.05, 3.63) is 52.3 Å². The van der Waals surface area contributed by atoms with Crippen molar-refractivity contribution in [3.8, 4) is 0 Å². The summed E-state index contributed by atoms with van der Waals surface area (Å²) in [7, 11) is 0. The Labute approximate surface area is 115 Å². The van der Waals surface area contributed by atoms with Crippen LogP contribution in [0.4, 0.5) is 15.8 Å². The fraction of sp³-hybridized carbons (Fsp3) is 0.308. The Hall–Kier alpha value is -2.44. The van der Waals surface area contributed by atoms with Crippen molar-refractivity contribution < 1.29 is 9.31 Å². The molecule has 0 saturated carbocycles. The molecule has 0 unspecified atom stereocenters. The van der Waals surface area contributed by atoms with E-state index in [0.717, 1.165) is 30.9 Å². The molecule has 0 bridgehead atoms. The van der Waals surface area contributed by atoms with Crippen LogP contribution in [0.15, 0.2) is 30.6 Å². The van der Waals surface area contributed by atoms with Crippen LogP contribution in [-0.4, -0.2) is 14.5 Å². The lowest BCUT2D eigenvalue weighted by atomic mass is 10.2. The minimum absolute atomic E-state index is 0.435. The lowest BCUT2D eigenvalue weighted by Crippen LogP contribution is -2.08. The van der Waals surface area contributed by atoms with Crippen LogP contribution in [0.2, 0.25) is 0 Å². The van der Waals surface area contributed by atoms with Gasteiger partial charge in [-0.25, -0.2) is 4.98 Å². The number of nitrogens with one attached hydrogen (secondary N) is 1. The van der Waals surface area contributed by atoms with E-state index in [2.05, 4.69) is 17.2 Å². The predicted octanol–water partition coefficient (Wildman–Crippen LogP) is 2.95. The summed E-state index contributed by atoms with van der Waals surface area (Å²) < 4.78 is 15.5. The molecule has 0 aliphatic carbocycles. The quantitative estimate of drug-likeness (QED) is 0.651. The van der Waals surface area contributed by atoms with E-state index < -0.39 is 16.4 Å². The van der Waals surface area contributed by atoms with Gasteiger partial charge in [0, 0.05) is 36.8 Å². The Morgan fingerprint density at radius 1 is 1.50 bits per heavy atom. The van der Waals surface area contributed by atoms with Crippen LogP contribution in [-0.2, 0) is 13.1 Å². The summed E-state index contributed by atoms with van der Waals surface area (Å²) in [6, 6.07) is 3.75. The predicted molar refractivity (Wildman–Crippen MR) is 72.9 cm³/mol. The number of aromatic nitrogens is 2. The summed E-state index contributed by atoms with van der Waals surface area (Å²) in [4.78, 5) is 14.0. The Bertz CT molecular complexity index is 612. The molecule has 1 aromatic carbocycles. The SMILES string of the molecule is CCCn1ccnc1CNc1ccc([N+](=O)[O-])c(F)c1. The van der Waals surface area contributed by atoms with E-state index >= 15 is 0 Å². The average molecular weight is 278 g/mol. The molecule has 1 heterocycles. The summed E-state index contributed by atoms with van der Waals surface area (Å²) in [5, 5.41) is 13.5. The number of anilines is 1. The van der Waals surface area contributed by atoms with E-state index in [1.54, 1.807) is 6.20 Å². The van der Waals surface area contributed by atoms with E-state index in [1.165, 1.54) is 6.07 Å². The Balaban J connectivity index is 2.05. The molecule has 0 spiro atoms. The van der Waals surface area contributed by atoms with Gasteiger partial charge in [0.25, 0.3) is 0 Å². The van der Waals surface area contributed by atoms with Gasteiger partial charge < -0.3 is 9.88 Å². The van der Waals surface area contributed by atoms with E-state index in [0.29, 0.717) is 12.2 Å². The van der Waals surface area contributed by atoms with Gasteiger partial charge in [-0.3, -0.25) is 10.1 Å². The normalized spacial score (nSPS) is 10.5. The number of hydrogen-bond acceptors (Lipinski definition) is 4. The fourth-order valence-electron chi connectivity index (χ4n) is 1.90. The van der Waals surface area contributed by atoms with Gasteiger partial charge in [0.05, 0.1) is 11.5 Å². The number of nitro benzene ring substituents is 1. The first-order valence-electron chi connectivity index (χ1n) is 6.29. The van der Waals surface area contributed by atoms with Crippen LogP contribution < -0.4 is 5.32 Å². The molecule has 106 valence electrons. The van der Waals surface area contributed by atoms with Crippen molar-refractivity contribution >= 4 is 11.4 Å². The van der Waals surface area contributed by atoms with E-state index in [4.69, 9.17) is 0 Å². The standard InChI is InChI=1S/C13H15FN4O2/c1-2-6-17-7-5-15-13(17)9-16-10-3-4-12(18(19)20)11(14)8-10/h3-5,7-8,16H,2,6,9H2,1H3. The first kappa shape index (κ1) is 14.0. The second kappa shape index (κ2) is 6.14. The van der Waals surface area contributed by atoms with Crippen molar-refractivity contribution in [2.45, 2.75) is 26.4 Å². The number of nitrogens with zero attached hydrogens (tertiary/aromatic N) is 3. The zero-order valence-corrected chi connectivity index (χ0v) is 11.0. The van der Waals surface area contributed by atoms with Crippen molar-refractivity contribution in [1.29, 1.82) is 0 Å². The zero-order chi connectivity index (χ0) is 14.5. The van der Waals surface area contributed by atoms with E-state index in [-0.39, 0.29) is 0 Å². The molecule has 0 amide bonds. The number of halogens is 1. The van der Waals surface area contributed by atoms with Gasteiger partial charge in [0.1, 0.15) is 5.82 Å². The highest BCUT2D eigenvalue weighted by atomic mass is 19.1.